The molecule has 0 N–H and O–H groups in total. The van der Waals surface area contributed by atoms with Gasteiger partial charge in [-0.3, -0.25) is 0 Å². The molecule has 1 rings (SSSR count). The van der Waals surface area contributed by atoms with Crippen LogP contribution >= 0.6 is 31.9 Å². The molecule has 0 radical (unpaired) electrons. The van der Waals surface area contributed by atoms with E-state index in [4.69, 9.17) is 0 Å². The van der Waals surface area contributed by atoms with Gasteiger partial charge >= 0.3 is 0 Å². The normalized spacial score (nSPS) is 13.0. The van der Waals surface area contributed by atoms with Gasteiger partial charge in [-0.05, 0) is 15.9 Å². The molecule has 0 aliphatic carbocycles. The number of rotatable bonds is 2. The van der Waals surface area contributed by atoms with E-state index < -0.39 is 0 Å². The van der Waals surface area contributed by atoms with E-state index in [1.54, 1.807) is 12.4 Å². The van der Waals surface area contributed by atoms with Gasteiger partial charge in [-0.2, -0.15) is 0 Å². The van der Waals surface area contributed by atoms with Gasteiger partial charge in [0.2, 0.25) is 0 Å². The monoisotopic (exact) mass is 278 g/mol. The number of aromatic nitrogens is 2. The van der Waals surface area contributed by atoms with Crippen molar-refractivity contribution in [3.05, 3.63) is 22.7 Å². The average Bonchev–Trinajstić information content (AvgIpc) is 2.05. The van der Waals surface area contributed by atoms with Crippen LogP contribution in [-0.4, -0.2) is 15.3 Å². The lowest BCUT2D eigenvalue weighted by Crippen LogP contribution is -2.00. The zero-order valence-electron chi connectivity index (χ0n) is 6.09. The van der Waals surface area contributed by atoms with E-state index >= 15 is 0 Å². The number of hydrogen-bond donors (Lipinski definition) is 0. The van der Waals surface area contributed by atoms with E-state index in [1.165, 1.54) is 0 Å². The Labute approximate surface area is 82.7 Å². The average molecular weight is 280 g/mol. The fourth-order valence-corrected chi connectivity index (χ4v) is 1.14. The molecule has 0 fully saturated rings. The van der Waals surface area contributed by atoms with Gasteiger partial charge in [-0.1, -0.05) is 22.9 Å². The SMILES string of the molecule is CC(CBr)c1ncc(Br)cn1. The smallest absolute Gasteiger partial charge is 0.131 e. The summed E-state index contributed by atoms with van der Waals surface area (Å²) in [5.74, 6) is 1.26. The molecule has 1 heterocycles. The predicted molar refractivity (Wildman–Crippen MR) is 51.9 cm³/mol. The van der Waals surface area contributed by atoms with E-state index in [-0.39, 0.29) is 0 Å². The van der Waals surface area contributed by atoms with Crippen molar-refractivity contribution in [2.24, 2.45) is 0 Å². The van der Waals surface area contributed by atoms with E-state index in [9.17, 15) is 0 Å². The highest BCUT2D eigenvalue weighted by molar-refractivity contribution is 9.10. The van der Waals surface area contributed by atoms with Crippen molar-refractivity contribution in [1.82, 2.24) is 9.97 Å². The fourth-order valence-electron chi connectivity index (χ4n) is 0.646. The summed E-state index contributed by atoms with van der Waals surface area (Å²) in [6, 6.07) is 0. The summed E-state index contributed by atoms with van der Waals surface area (Å²) in [4.78, 5) is 8.32. The molecular weight excluding hydrogens is 272 g/mol. The topological polar surface area (TPSA) is 25.8 Å². The van der Waals surface area contributed by atoms with E-state index in [1.807, 2.05) is 0 Å². The maximum absolute atomic E-state index is 4.16. The van der Waals surface area contributed by atoms with Crippen LogP contribution in [0.15, 0.2) is 16.9 Å². The van der Waals surface area contributed by atoms with E-state index in [2.05, 4.69) is 48.8 Å². The molecule has 4 heteroatoms. The van der Waals surface area contributed by atoms with Crippen LogP contribution in [0.5, 0.6) is 0 Å². The molecule has 11 heavy (non-hydrogen) atoms. The minimum Gasteiger partial charge on any atom is -0.240 e. The van der Waals surface area contributed by atoms with Gasteiger partial charge in [0, 0.05) is 23.6 Å². The lowest BCUT2D eigenvalue weighted by molar-refractivity contribution is 0.787. The molecule has 1 unspecified atom stereocenters. The summed E-state index contributed by atoms with van der Waals surface area (Å²) >= 11 is 6.66. The van der Waals surface area contributed by atoms with Gasteiger partial charge in [-0.25, -0.2) is 9.97 Å². The molecule has 0 aliphatic heterocycles. The Morgan fingerprint density at radius 1 is 1.45 bits per heavy atom. The van der Waals surface area contributed by atoms with Crippen molar-refractivity contribution in [3.63, 3.8) is 0 Å². The second-order valence-electron chi connectivity index (χ2n) is 2.31. The first-order valence-corrected chi connectivity index (χ1v) is 5.19. The van der Waals surface area contributed by atoms with Crippen LogP contribution in [0.2, 0.25) is 0 Å². The third kappa shape index (κ3) is 2.52. The number of nitrogens with zero attached hydrogens (tertiary/aromatic N) is 2. The summed E-state index contributed by atoms with van der Waals surface area (Å²) in [5, 5.41) is 0.897. The Bertz CT molecular complexity index is 222. The van der Waals surface area contributed by atoms with Crippen molar-refractivity contribution in [2.75, 3.05) is 5.33 Å². The van der Waals surface area contributed by atoms with Crippen molar-refractivity contribution in [2.45, 2.75) is 12.8 Å². The zero-order valence-corrected chi connectivity index (χ0v) is 9.26. The molecule has 0 saturated heterocycles. The fraction of sp³-hybridized carbons (Fsp3) is 0.429. The highest BCUT2D eigenvalue weighted by Gasteiger charge is 2.05. The Morgan fingerprint density at radius 2 is 2.00 bits per heavy atom. The first kappa shape index (κ1) is 9.13. The largest absolute Gasteiger partial charge is 0.240 e. The van der Waals surface area contributed by atoms with Crippen LogP contribution in [0.4, 0.5) is 0 Å². The summed E-state index contributed by atoms with van der Waals surface area (Å²) < 4.78 is 0.919. The molecule has 0 aliphatic rings. The van der Waals surface area contributed by atoms with Gasteiger partial charge < -0.3 is 0 Å². The summed E-state index contributed by atoms with van der Waals surface area (Å²) in [6.45, 7) is 2.08. The van der Waals surface area contributed by atoms with E-state index in [0.717, 1.165) is 15.6 Å². The Morgan fingerprint density at radius 3 is 2.45 bits per heavy atom. The molecule has 0 bridgehead atoms. The second-order valence-corrected chi connectivity index (χ2v) is 3.88. The first-order chi connectivity index (χ1) is 5.24. The van der Waals surface area contributed by atoms with E-state index in [0.29, 0.717) is 5.92 Å². The lowest BCUT2D eigenvalue weighted by atomic mass is 10.2. The van der Waals surface area contributed by atoms with Gasteiger partial charge in [-0.15, -0.1) is 0 Å². The Hall–Kier alpha value is 0.0400. The molecule has 1 aromatic rings. The standard InChI is InChI=1S/C7H8Br2N2/c1-5(2-8)7-10-3-6(9)4-11-7/h3-5H,2H2,1H3. The maximum Gasteiger partial charge on any atom is 0.131 e. The predicted octanol–water partition coefficient (Wildman–Crippen LogP) is 2.74. The Balaban J connectivity index is 2.81. The van der Waals surface area contributed by atoms with Crippen LogP contribution in [-0.2, 0) is 0 Å². The third-order valence-corrected chi connectivity index (χ3v) is 2.69. The Kier molecular flexibility index (Phi) is 3.45. The molecule has 2 nitrogen and oxygen atoms in total. The highest BCUT2D eigenvalue weighted by Crippen LogP contribution is 2.13. The summed E-state index contributed by atoms with van der Waals surface area (Å²) in [5.41, 5.74) is 0. The highest BCUT2D eigenvalue weighted by atomic mass is 79.9. The molecule has 0 spiro atoms. The van der Waals surface area contributed by atoms with Crippen LogP contribution in [0, 0.1) is 0 Å². The van der Waals surface area contributed by atoms with Crippen LogP contribution in [0.3, 0.4) is 0 Å². The van der Waals surface area contributed by atoms with Crippen LogP contribution in [0.1, 0.15) is 18.7 Å². The molecule has 0 aromatic carbocycles. The van der Waals surface area contributed by atoms with Crippen LogP contribution in [0.25, 0.3) is 0 Å². The number of alkyl halides is 1. The lowest BCUT2D eigenvalue weighted by Gasteiger charge is -2.03. The number of halogens is 2. The first-order valence-electron chi connectivity index (χ1n) is 3.27. The van der Waals surface area contributed by atoms with Gasteiger partial charge in [0.15, 0.2) is 0 Å². The van der Waals surface area contributed by atoms with Crippen molar-refractivity contribution in [1.29, 1.82) is 0 Å². The van der Waals surface area contributed by atoms with Crippen molar-refractivity contribution >= 4 is 31.9 Å². The minimum atomic E-state index is 0.378. The van der Waals surface area contributed by atoms with Gasteiger partial charge in [0.05, 0.1) is 4.47 Å². The van der Waals surface area contributed by atoms with Crippen molar-refractivity contribution < 1.29 is 0 Å². The molecule has 0 amide bonds. The number of hydrogen-bond acceptors (Lipinski definition) is 2. The molecule has 1 atom stereocenters. The van der Waals surface area contributed by atoms with Gasteiger partial charge in [0.1, 0.15) is 5.82 Å². The zero-order chi connectivity index (χ0) is 8.27. The molecule has 0 saturated carbocycles. The molecular formula is C7H8Br2N2. The van der Waals surface area contributed by atoms with Crippen LogP contribution < -0.4 is 0 Å². The maximum atomic E-state index is 4.16. The summed E-state index contributed by atoms with van der Waals surface area (Å²) in [7, 11) is 0. The van der Waals surface area contributed by atoms with Crippen molar-refractivity contribution in [3.8, 4) is 0 Å². The molecule has 1 aromatic heterocycles. The third-order valence-electron chi connectivity index (χ3n) is 1.31. The quantitative estimate of drug-likeness (QED) is 0.778. The summed E-state index contributed by atoms with van der Waals surface area (Å²) in [6.07, 6.45) is 3.53. The van der Waals surface area contributed by atoms with Gasteiger partial charge in [0.25, 0.3) is 0 Å². The second kappa shape index (κ2) is 4.16. The minimum absolute atomic E-state index is 0.378. The molecule has 60 valence electrons.